The standard InChI is InChI=1S/C20H22N2O3/c1-3-13-25-18-11-9-17(10-12-18)22-20(24)19(23)21-14-15(2)16-7-5-4-6-8-16/h3-12,15H,1,13-14H2,2H3,(H,21,23)(H,22,24). The molecule has 2 aromatic rings. The van der Waals surface area contributed by atoms with Crippen LogP contribution in [0.5, 0.6) is 5.75 Å². The third-order valence-electron chi connectivity index (χ3n) is 3.62. The highest BCUT2D eigenvalue weighted by atomic mass is 16.5. The number of carbonyl (C=O) groups is 2. The first-order valence-electron chi connectivity index (χ1n) is 8.08. The number of rotatable bonds is 7. The van der Waals surface area contributed by atoms with Crippen LogP contribution < -0.4 is 15.4 Å². The van der Waals surface area contributed by atoms with Gasteiger partial charge < -0.3 is 15.4 Å². The number of anilines is 1. The zero-order chi connectivity index (χ0) is 18.1. The molecular weight excluding hydrogens is 316 g/mol. The molecular formula is C20H22N2O3. The molecule has 130 valence electrons. The van der Waals surface area contributed by atoms with E-state index in [1.54, 1.807) is 30.3 Å². The Morgan fingerprint density at radius 1 is 1.08 bits per heavy atom. The lowest BCUT2D eigenvalue weighted by Crippen LogP contribution is -2.37. The van der Waals surface area contributed by atoms with E-state index < -0.39 is 11.8 Å². The van der Waals surface area contributed by atoms with Gasteiger partial charge in [-0.15, -0.1) is 0 Å². The lowest BCUT2D eigenvalue weighted by atomic mass is 10.0. The number of benzene rings is 2. The largest absolute Gasteiger partial charge is 0.490 e. The average Bonchev–Trinajstić information content (AvgIpc) is 2.65. The summed E-state index contributed by atoms with van der Waals surface area (Å²) in [4.78, 5) is 23.9. The molecule has 0 spiro atoms. The normalized spacial score (nSPS) is 11.2. The molecule has 5 nitrogen and oxygen atoms in total. The van der Waals surface area contributed by atoms with E-state index >= 15 is 0 Å². The van der Waals surface area contributed by atoms with E-state index in [1.165, 1.54) is 0 Å². The fourth-order valence-corrected chi connectivity index (χ4v) is 2.20. The molecule has 2 amide bonds. The SMILES string of the molecule is C=CCOc1ccc(NC(=O)C(=O)NCC(C)c2ccccc2)cc1. The summed E-state index contributed by atoms with van der Waals surface area (Å²) in [7, 11) is 0. The maximum absolute atomic E-state index is 12.0. The summed E-state index contributed by atoms with van der Waals surface area (Å²) in [6.45, 7) is 6.37. The predicted molar refractivity (Wildman–Crippen MR) is 98.6 cm³/mol. The maximum Gasteiger partial charge on any atom is 0.313 e. The summed E-state index contributed by atoms with van der Waals surface area (Å²) >= 11 is 0. The second-order valence-corrected chi connectivity index (χ2v) is 5.60. The van der Waals surface area contributed by atoms with Gasteiger partial charge >= 0.3 is 11.8 Å². The lowest BCUT2D eigenvalue weighted by Gasteiger charge is -2.13. The first kappa shape index (κ1) is 18.3. The average molecular weight is 338 g/mol. The van der Waals surface area contributed by atoms with Gasteiger partial charge in [0.05, 0.1) is 0 Å². The molecule has 25 heavy (non-hydrogen) atoms. The fraction of sp³-hybridized carbons (Fsp3) is 0.200. The molecule has 0 aliphatic heterocycles. The van der Waals surface area contributed by atoms with Crippen molar-refractivity contribution in [1.29, 1.82) is 0 Å². The molecule has 0 aliphatic rings. The van der Waals surface area contributed by atoms with Crippen LogP contribution in [0.2, 0.25) is 0 Å². The first-order chi connectivity index (χ1) is 12.1. The number of hydrogen-bond acceptors (Lipinski definition) is 3. The van der Waals surface area contributed by atoms with Crippen LogP contribution in [-0.4, -0.2) is 25.0 Å². The molecule has 0 fully saturated rings. The molecule has 0 bridgehead atoms. The van der Waals surface area contributed by atoms with Crippen LogP contribution in [0.1, 0.15) is 18.4 Å². The van der Waals surface area contributed by atoms with Gasteiger partial charge in [-0.3, -0.25) is 9.59 Å². The van der Waals surface area contributed by atoms with E-state index in [0.29, 0.717) is 24.6 Å². The van der Waals surface area contributed by atoms with Crippen molar-refractivity contribution < 1.29 is 14.3 Å². The minimum absolute atomic E-state index is 0.124. The van der Waals surface area contributed by atoms with E-state index in [9.17, 15) is 9.59 Å². The van der Waals surface area contributed by atoms with Gasteiger partial charge in [0.2, 0.25) is 0 Å². The topological polar surface area (TPSA) is 67.4 Å². The van der Waals surface area contributed by atoms with Crippen molar-refractivity contribution >= 4 is 17.5 Å². The van der Waals surface area contributed by atoms with Crippen LogP contribution in [0.3, 0.4) is 0 Å². The highest BCUT2D eigenvalue weighted by Crippen LogP contribution is 2.16. The number of hydrogen-bond donors (Lipinski definition) is 2. The van der Waals surface area contributed by atoms with Gasteiger partial charge in [-0.25, -0.2) is 0 Å². The Labute approximate surface area is 147 Å². The van der Waals surface area contributed by atoms with Crippen LogP contribution >= 0.6 is 0 Å². The lowest BCUT2D eigenvalue weighted by molar-refractivity contribution is -0.136. The summed E-state index contributed by atoms with van der Waals surface area (Å²) in [5.41, 5.74) is 1.64. The van der Waals surface area contributed by atoms with Gasteiger partial charge in [-0.1, -0.05) is 49.9 Å². The van der Waals surface area contributed by atoms with Gasteiger partial charge in [-0.2, -0.15) is 0 Å². The summed E-state index contributed by atoms with van der Waals surface area (Å²) < 4.78 is 5.36. The van der Waals surface area contributed by atoms with E-state index in [0.717, 1.165) is 5.56 Å². The Morgan fingerprint density at radius 2 is 1.76 bits per heavy atom. The van der Waals surface area contributed by atoms with Crippen LogP contribution in [0, 0.1) is 0 Å². The Kier molecular flexibility index (Phi) is 6.77. The molecule has 1 atom stereocenters. The van der Waals surface area contributed by atoms with Gasteiger partial charge in [0.15, 0.2) is 0 Å². The zero-order valence-corrected chi connectivity index (χ0v) is 14.2. The van der Waals surface area contributed by atoms with Crippen molar-refractivity contribution in [3.05, 3.63) is 72.8 Å². The quantitative estimate of drug-likeness (QED) is 0.602. The molecule has 0 radical (unpaired) electrons. The van der Waals surface area contributed by atoms with E-state index in [-0.39, 0.29) is 5.92 Å². The number of ether oxygens (including phenoxy) is 1. The first-order valence-corrected chi connectivity index (χ1v) is 8.08. The minimum atomic E-state index is -0.694. The monoisotopic (exact) mass is 338 g/mol. The smallest absolute Gasteiger partial charge is 0.313 e. The molecule has 0 saturated carbocycles. The van der Waals surface area contributed by atoms with Crippen molar-refractivity contribution in [2.24, 2.45) is 0 Å². The molecule has 2 N–H and O–H groups in total. The number of amides is 2. The van der Waals surface area contributed by atoms with E-state index in [1.807, 2.05) is 37.3 Å². The Morgan fingerprint density at radius 3 is 2.40 bits per heavy atom. The highest BCUT2D eigenvalue weighted by Gasteiger charge is 2.15. The molecule has 1 unspecified atom stereocenters. The zero-order valence-electron chi connectivity index (χ0n) is 14.2. The van der Waals surface area contributed by atoms with Crippen molar-refractivity contribution in [3.63, 3.8) is 0 Å². The molecule has 5 heteroatoms. The van der Waals surface area contributed by atoms with Gasteiger partial charge in [0.25, 0.3) is 0 Å². The number of carbonyl (C=O) groups excluding carboxylic acids is 2. The molecule has 2 aromatic carbocycles. The van der Waals surface area contributed by atoms with Crippen LogP contribution in [0.4, 0.5) is 5.69 Å². The van der Waals surface area contributed by atoms with Crippen molar-refractivity contribution in [3.8, 4) is 5.75 Å². The van der Waals surface area contributed by atoms with Crippen LogP contribution in [0.15, 0.2) is 67.3 Å². The maximum atomic E-state index is 12.0. The third-order valence-corrected chi connectivity index (χ3v) is 3.62. The highest BCUT2D eigenvalue weighted by molar-refractivity contribution is 6.39. The Balaban J connectivity index is 1.81. The summed E-state index contributed by atoms with van der Waals surface area (Å²) in [6.07, 6.45) is 1.65. The summed E-state index contributed by atoms with van der Waals surface area (Å²) in [5.74, 6) is -0.562. The molecule has 0 aliphatic carbocycles. The third kappa shape index (κ3) is 5.80. The second-order valence-electron chi connectivity index (χ2n) is 5.60. The van der Waals surface area contributed by atoms with Gasteiger partial charge in [0.1, 0.15) is 12.4 Å². The van der Waals surface area contributed by atoms with E-state index in [2.05, 4.69) is 17.2 Å². The van der Waals surface area contributed by atoms with E-state index in [4.69, 9.17) is 4.74 Å². The summed E-state index contributed by atoms with van der Waals surface area (Å²) in [6, 6.07) is 16.6. The van der Waals surface area contributed by atoms with Crippen LogP contribution in [-0.2, 0) is 9.59 Å². The van der Waals surface area contributed by atoms with Crippen molar-refractivity contribution in [2.75, 3.05) is 18.5 Å². The molecule has 2 rings (SSSR count). The molecule has 0 heterocycles. The number of nitrogens with one attached hydrogen (secondary N) is 2. The Bertz CT molecular complexity index is 711. The Hall–Kier alpha value is -3.08. The summed E-state index contributed by atoms with van der Waals surface area (Å²) in [5, 5.41) is 5.22. The second kappa shape index (κ2) is 9.27. The predicted octanol–water partition coefficient (Wildman–Crippen LogP) is 3.11. The van der Waals surface area contributed by atoms with Crippen molar-refractivity contribution in [2.45, 2.75) is 12.8 Å². The van der Waals surface area contributed by atoms with Gasteiger partial charge in [0, 0.05) is 12.2 Å². The molecule has 0 saturated heterocycles. The van der Waals surface area contributed by atoms with Gasteiger partial charge in [-0.05, 0) is 35.7 Å². The van der Waals surface area contributed by atoms with Crippen molar-refractivity contribution in [1.82, 2.24) is 5.32 Å². The fourth-order valence-electron chi connectivity index (χ4n) is 2.20. The molecule has 0 aromatic heterocycles. The van der Waals surface area contributed by atoms with Crippen LogP contribution in [0.25, 0.3) is 0 Å². The minimum Gasteiger partial charge on any atom is -0.490 e.